The van der Waals surface area contributed by atoms with Crippen molar-refractivity contribution in [2.24, 2.45) is 0 Å². The van der Waals surface area contributed by atoms with E-state index in [9.17, 15) is 14.6 Å². The highest BCUT2D eigenvalue weighted by atomic mass is 35.5. The molecule has 1 saturated heterocycles. The van der Waals surface area contributed by atoms with E-state index in [1.165, 1.54) is 7.11 Å². The largest absolute Gasteiger partial charge is 0.494 e. The van der Waals surface area contributed by atoms with Gasteiger partial charge in [-0.05, 0) is 48.2 Å². The van der Waals surface area contributed by atoms with E-state index in [0.29, 0.717) is 23.6 Å². The van der Waals surface area contributed by atoms with Crippen molar-refractivity contribution < 1.29 is 28.8 Å². The molecule has 7 heteroatoms. The van der Waals surface area contributed by atoms with E-state index in [4.69, 9.17) is 25.8 Å². The van der Waals surface area contributed by atoms with E-state index in [2.05, 4.69) is 0 Å². The van der Waals surface area contributed by atoms with E-state index in [-0.39, 0.29) is 0 Å². The fourth-order valence-corrected chi connectivity index (χ4v) is 3.48. The number of ether oxygens (including phenoxy) is 3. The molecule has 0 saturated carbocycles. The first kappa shape index (κ1) is 21.0. The molecular formula is C21H24ClFO5. The van der Waals surface area contributed by atoms with Crippen molar-refractivity contribution in [3.05, 3.63) is 64.2 Å². The fourth-order valence-electron chi connectivity index (χ4n) is 3.29. The zero-order valence-corrected chi connectivity index (χ0v) is 16.5. The molecule has 0 aromatic heterocycles. The van der Waals surface area contributed by atoms with Crippen LogP contribution in [0.4, 0.5) is 4.39 Å². The number of rotatable bonds is 6. The molecule has 3 rings (SSSR count). The fraction of sp³-hybridized carbons (Fsp3) is 0.429. The van der Waals surface area contributed by atoms with Gasteiger partial charge in [-0.15, -0.1) is 0 Å². The number of hydrogen-bond acceptors (Lipinski definition) is 5. The summed E-state index contributed by atoms with van der Waals surface area (Å²) in [6, 6.07) is 12.8. The molecule has 1 aliphatic rings. The number of benzene rings is 2. The molecule has 152 valence electrons. The van der Waals surface area contributed by atoms with E-state index >= 15 is 0 Å². The van der Waals surface area contributed by atoms with Crippen LogP contribution in [-0.4, -0.2) is 48.6 Å². The van der Waals surface area contributed by atoms with Gasteiger partial charge in [-0.1, -0.05) is 35.9 Å². The minimum absolute atomic E-state index is 0.553. The molecule has 0 aliphatic carbocycles. The molecule has 5 atom stereocenters. The summed E-state index contributed by atoms with van der Waals surface area (Å²) in [5, 5.41) is 20.6. The molecule has 0 unspecified atom stereocenters. The van der Waals surface area contributed by atoms with Gasteiger partial charge in [-0.3, -0.25) is 0 Å². The molecule has 1 fully saturated rings. The highest BCUT2D eigenvalue weighted by Crippen LogP contribution is 2.35. The molecule has 2 N–H and O–H groups in total. The second kappa shape index (κ2) is 9.20. The van der Waals surface area contributed by atoms with Gasteiger partial charge < -0.3 is 24.4 Å². The smallest absolute Gasteiger partial charge is 0.186 e. The average molecular weight is 410 g/mol. The van der Waals surface area contributed by atoms with Crippen LogP contribution in [0.1, 0.15) is 29.7 Å². The molecule has 0 radical (unpaired) electrons. The number of halogens is 2. The first-order valence-corrected chi connectivity index (χ1v) is 9.51. The van der Waals surface area contributed by atoms with Gasteiger partial charge in [0.1, 0.15) is 24.1 Å². The maximum absolute atomic E-state index is 14.3. The summed E-state index contributed by atoms with van der Waals surface area (Å²) < 4.78 is 30.3. The Morgan fingerprint density at radius 1 is 1.11 bits per heavy atom. The molecule has 5 nitrogen and oxygen atoms in total. The van der Waals surface area contributed by atoms with Gasteiger partial charge in [0.05, 0.1) is 6.61 Å². The van der Waals surface area contributed by atoms with Crippen LogP contribution in [0.5, 0.6) is 5.75 Å². The van der Waals surface area contributed by atoms with E-state index in [1.54, 1.807) is 18.2 Å². The first-order chi connectivity index (χ1) is 13.4. The van der Waals surface area contributed by atoms with Crippen LogP contribution < -0.4 is 4.74 Å². The van der Waals surface area contributed by atoms with Crippen LogP contribution in [-0.2, 0) is 15.9 Å². The number of hydrogen-bond donors (Lipinski definition) is 2. The van der Waals surface area contributed by atoms with E-state index in [1.807, 2.05) is 31.2 Å². The Balaban J connectivity index is 1.82. The van der Waals surface area contributed by atoms with Gasteiger partial charge in [0.25, 0.3) is 0 Å². The predicted molar refractivity (Wildman–Crippen MR) is 103 cm³/mol. The summed E-state index contributed by atoms with van der Waals surface area (Å²) in [6.07, 6.45) is -6.52. The Kier molecular flexibility index (Phi) is 6.91. The van der Waals surface area contributed by atoms with Gasteiger partial charge in [0.2, 0.25) is 0 Å². The zero-order valence-electron chi connectivity index (χ0n) is 15.7. The SMILES string of the molecule is CCOc1ccc(Cc2cc([C@H]3O[C@@H](OC)[C@H](O)[C@@H]([18F])[C@@H]3O)ccc2Cl)cc1. The van der Waals surface area contributed by atoms with Crippen molar-refractivity contribution in [1.82, 2.24) is 0 Å². The third-order valence-electron chi connectivity index (χ3n) is 4.78. The minimum Gasteiger partial charge on any atom is -0.494 e. The predicted octanol–water partition coefficient (Wildman–Crippen LogP) is 3.43. The summed E-state index contributed by atoms with van der Waals surface area (Å²) in [4.78, 5) is 0. The van der Waals surface area contributed by atoms with Crippen LogP contribution in [0, 0.1) is 0 Å². The zero-order chi connectivity index (χ0) is 20.3. The van der Waals surface area contributed by atoms with Crippen molar-refractivity contribution in [2.75, 3.05) is 13.7 Å². The summed E-state index contributed by atoms with van der Waals surface area (Å²) >= 11 is 6.34. The molecule has 0 bridgehead atoms. The minimum atomic E-state index is -1.88. The first-order valence-electron chi connectivity index (χ1n) is 9.13. The Labute approximate surface area is 168 Å². The summed E-state index contributed by atoms with van der Waals surface area (Å²) in [7, 11) is 1.31. The number of alkyl halides is 1. The van der Waals surface area contributed by atoms with Crippen molar-refractivity contribution in [3.8, 4) is 5.75 Å². The van der Waals surface area contributed by atoms with Crippen LogP contribution in [0.2, 0.25) is 5.02 Å². The van der Waals surface area contributed by atoms with Gasteiger partial charge in [0, 0.05) is 12.1 Å². The number of aliphatic hydroxyl groups is 2. The molecule has 1 aliphatic heterocycles. The monoisotopic (exact) mass is 409 g/mol. The maximum Gasteiger partial charge on any atom is 0.186 e. The van der Waals surface area contributed by atoms with Crippen LogP contribution >= 0.6 is 11.6 Å². The highest BCUT2D eigenvalue weighted by Gasteiger charge is 2.45. The third-order valence-corrected chi connectivity index (χ3v) is 5.15. The molecule has 28 heavy (non-hydrogen) atoms. The standard InChI is InChI=1S/C21H24ClFO5/c1-3-27-15-7-4-12(5-8-15)10-14-11-13(6-9-16(14)22)20-18(24)17(23)19(25)21(26-2)28-20/h4-9,11,17-21,24-25H,3,10H2,1-2H3/t17-,18-,19+,20+,21+/m0/s1/i23-1. The normalized spacial score (nSPS) is 27.6. The van der Waals surface area contributed by atoms with Crippen LogP contribution in [0.25, 0.3) is 0 Å². The lowest BCUT2D eigenvalue weighted by molar-refractivity contribution is -0.281. The highest BCUT2D eigenvalue weighted by molar-refractivity contribution is 6.31. The Morgan fingerprint density at radius 2 is 1.82 bits per heavy atom. The molecule has 0 amide bonds. The topological polar surface area (TPSA) is 68.2 Å². The lowest BCUT2D eigenvalue weighted by Crippen LogP contribution is -2.52. The molecule has 1 heterocycles. The Morgan fingerprint density at radius 3 is 2.46 bits per heavy atom. The van der Waals surface area contributed by atoms with Crippen LogP contribution in [0.15, 0.2) is 42.5 Å². The van der Waals surface area contributed by atoms with Gasteiger partial charge in [0.15, 0.2) is 12.5 Å². The Hall–Kier alpha value is -1.70. The lowest BCUT2D eigenvalue weighted by Gasteiger charge is -2.39. The molecule has 0 spiro atoms. The van der Waals surface area contributed by atoms with Crippen molar-refractivity contribution >= 4 is 11.6 Å². The van der Waals surface area contributed by atoms with Gasteiger partial charge in [-0.2, -0.15) is 0 Å². The van der Waals surface area contributed by atoms with Crippen molar-refractivity contribution in [3.63, 3.8) is 0 Å². The van der Waals surface area contributed by atoms with Crippen molar-refractivity contribution in [2.45, 2.75) is 44.1 Å². The van der Waals surface area contributed by atoms with Gasteiger partial charge >= 0.3 is 0 Å². The average Bonchev–Trinajstić information content (AvgIpc) is 2.70. The van der Waals surface area contributed by atoms with Crippen molar-refractivity contribution in [1.29, 1.82) is 0 Å². The van der Waals surface area contributed by atoms with Crippen LogP contribution in [0.3, 0.4) is 0 Å². The molecule has 2 aromatic carbocycles. The molecule has 2 aromatic rings. The maximum atomic E-state index is 14.3. The summed E-state index contributed by atoms with van der Waals surface area (Å²) in [5.41, 5.74) is 2.41. The summed E-state index contributed by atoms with van der Waals surface area (Å²) in [6.45, 7) is 2.53. The summed E-state index contributed by atoms with van der Waals surface area (Å²) in [5.74, 6) is 0.794. The quantitative estimate of drug-likeness (QED) is 0.765. The Bertz CT molecular complexity index is 783. The number of methoxy groups -OCH3 is 1. The lowest BCUT2D eigenvalue weighted by atomic mass is 9.92. The van der Waals surface area contributed by atoms with Gasteiger partial charge in [-0.25, -0.2) is 4.39 Å². The second-order valence-electron chi connectivity index (χ2n) is 6.69. The van der Waals surface area contributed by atoms with E-state index < -0.39 is 30.8 Å². The number of aliphatic hydroxyl groups excluding tert-OH is 2. The third kappa shape index (κ3) is 4.47. The second-order valence-corrected chi connectivity index (χ2v) is 7.10. The molecular weight excluding hydrogens is 386 g/mol. The van der Waals surface area contributed by atoms with E-state index in [0.717, 1.165) is 16.9 Å².